The van der Waals surface area contributed by atoms with E-state index >= 15 is 0 Å². The molecule has 1 fully saturated rings. The average Bonchev–Trinajstić information content (AvgIpc) is 3.68. The van der Waals surface area contributed by atoms with Gasteiger partial charge in [-0.05, 0) is 98.9 Å². The van der Waals surface area contributed by atoms with Gasteiger partial charge in [0, 0.05) is 32.9 Å². The summed E-state index contributed by atoms with van der Waals surface area (Å²) in [6.07, 6.45) is 0. The number of para-hydroxylation sites is 3. The number of hydrogen-bond acceptors (Lipinski definition) is 2. The number of aromatic nitrogens is 2. The van der Waals surface area contributed by atoms with Crippen molar-refractivity contribution in [2.24, 2.45) is 0 Å². The van der Waals surface area contributed by atoms with Crippen LogP contribution >= 0.6 is 0 Å². The van der Waals surface area contributed by atoms with Gasteiger partial charge in [0.15, 0.2) is 0 Å². The van der Waals surface area contributed by atoms with Gasteiger partial charge in [-0.2, -0.15) is 0 Å². The first-order valence-corrected chi connectivity index (χ1v) is 16.4. The fourth-order valence-corrected chi connectivity index (χ4v) is 7.25. The van der Waals surface area contributed by atoms with E-state index in [2.05, 4.69) is 176 Å². The molecular weight excluding hydrogens is 575 g/mol. The summed E-state index contributed by atoms with van der Waals surface area (Å²) < 4.78 is 17.6. The zero-order valence-corrected chi connectivity index (χ0v) is 27.1. The van der Waals surface area contributed by atoms with E-state index in [0.29, 0.717) is 0 Å². The largest absolute Gasteiger partial charge is 0.494 e. The molecule has 0 radical (unpaired) electrons. The minimum atomic E-state index is -0.415. The first-order valence-electron chi connectivity index (χ1n) is 16.4. The molecule has 8 aromatic rings. The zero-order valence-electron chi connectivity index (χ0n) is 27.1. The molecule has 3 heterocycles. The van der Waals surface area contributed by atoms with Gasteiger partial charge in [0.1, 0.15) is 0 Å². The van der Waals surface area contributed by atoms with Crippen LogP contribution in [-0.2, 0) is 9.31 Å². The highest BCUT2D eigenvalue weighted by Crippen LogP contribution is 2.39. The van der Waals surface area contributed by atoms with Gasteiger partial charge in [-0.25, -0.2) is 0 Å². The van der Waals surface area contributed by atoms with E-state index in [1.807, 2.05) is 0 Å². The summed E-state index contributed by atoms with van der Waals surface area (Å²) in [5, 5.41) is 4.99. The molecule has 0 N–H and O–H groups in total. The van der Waals surface area contributed by atoms with E-state index in [9.17, 15) is 0 Å². The minimum Gasteiger partial charge on any atom is -0.399 e. The second kappa shape index (κ2) is 10.2. The van der Waals surface area contributed by atoms with Crippen LogP contribution in [0.4, 0.5) is 0 Å². The maximum absolute atomic E-state index is 6.41. The number of nitrogens with zero attached hydrogens (tertiary/aromatic N) is 2. The van der Waals surface area contributed by atoms with E-state index in [1.54, 1.807) is 0 Å². The summed E-state index contributed by atoms with van der Waals surface area (Å²) in [4.78, 5) is 0. The Morgan fingerprint density at radius 3 is 1.49 bits per heavy atom. The second-order valence-corrected chi connectivity index (χ2v) is 13.7. The first kappa shape index (κ1) is 28.2. The molecule has 0 aliphatic carbocycles. The smallest absolute Gasteiger partial charge is 0.399 e. The predicted octanol–water partition coefficient (Wildman–Crippen LogP) is 9.85. The van der Waals surface area contributed by atoms with Crippen LogP contribution < -0.4 is 5.46 Å². The Labute approximate surface area is 274 Å². The summed E-state index contributed by atoms with van der Waals surface area (Å²) in [5.74, 6) is 0. The van der Waals surface area contributed by atoms with Crippen LogP contribution in [0.1, 0.15) is 27.7 Å². The molecule has 1 saturated heterocycles. The predicted molar refractivity (Wildman–Crippen MR) is 196 cm³/mol. The van der Waals surface area contributed by atoms with E-state index in [4.69, 9.17) is 9.31 Å². The quantitative estimate of drug-likeness (QED) is 0.186. The first-order chi connectivity index (χ1) is 22.8. The molecule has 228 valence electrons. The molecule has 0 saturated carbocycles. The van der Waals surface area contributed by atoms with Crippen LogP contribution in [0.25, 0.3) is 66.1 Å². The maximum Gasteiger partial charge on any atom is 0.494 e. The van der Waals surface area contributed by atoms with Gasteiger partial charge < -0.3 is 18.4 Å². The van der Waals surface area contributed by atoms with E-state index in [-0.39, 0.29) is 0 Å². The Morgan fingerprint density at radius 1 is 0.426 bits per heavy atom. The monoisotopic (exact) mass is 610 g/mol. The number of fused-ring (bicyclic) bond motifs is 6. The Bertz CT molecular complexity index is 2430. The van der Waals surface area contributed by atoms with Gasteiger partial charge in [-0.1, -0.05) is 84.9 Å². The fourth-order valence-electron chi connectivity index (χ4n) is 7.25. The number of rotatable bonds is 4. The topological polar surface area (TPSA) is 28.3 Å². The zero-order chi connectivity index (χ0) is 31.9. The molecule has 6 aromatic carbocycles. The Balaban J connectivity index is 1.17. The minimum absolute atomic E-state index is 0.393. The van der Waals surface area contributed by atoms with Crippen molar-refractivity contribution < 1.29 is 9.31 Å². The second-order valence-electron chi connectivity index (χ2n) is 13.7. The molecule has 1 aliphatic heterocycles. The summed E-state index contributed by atoms with van der Waals surface area (Å²) in [7, 11) is -0.415. The van der Waals surface area contributed by atoms with Gasteiger partial charge in [0.05, 0.1) is 33.3 Å². The van der Waals surface area contributed by atoms with Crippen molar-refractivity contribution in [3.8, 4) is 22.5 Å². The third-order valence-corrected chi connectivity index (χ3v) is 10.3. The van der Waals surface area contributed by atoms with Crippen LogP contribution in [0, 0.1) is 0 Å². The molecule has 0 spiro atoms. The highest BCUT2D eigenvalue weighted by molar-refractivity contribution is 6.62. The van der Waals surface area contributed by atoms with Crippen LogP contribution in [0.5, 0.6) is 0 Å². The Hall–Kier alpha value is -5.10. The van der Waals surface area contributed by atoms with Gasteiger partial charge in [-0.3, -0.25) is 0 Å². The lowest BCUT2D eigenvalue weighted by Gasteiger charge is -2.32. The molecule has 4 nitrogen and oxygen atoms in total. The molecule has 5 heteroatoms. The van der Waals surface area contributed by atoms with Crippen molar-refractivity contribution in [1.82, 2.24) is 9.13 Å². The van der Waals surface area contributed by atoms with E-state index in [0.717, 1.165) is 16.8 Å². The van der Waals surface area contributed by atoms with Gasteiger partial charge >= 0.3 is 7.12 Å². The molecule has 0 unspecified atom stereocenters. The van der Waals surface area contributed by atoms with Crippen LogP contribution in [0.2, 0.25) is 0 Å². The summed E-state index contributed by atoms with van der Waals surface area (Å²) in [6, 6.07) is 50.4. The molecule has 0 bridgehead atoms. The third-order valence-electron chi connectivity index (χ3n) is 10.3. The van der Waals surface area contributed by atoms with Gasteiger partial charge in [0.25, 0.3) is 0 Å². The molecule has 0 atom stereocenters. The van der Waals surface area contributed by atoms with E-state index in [1.165, 1.54) is 54.7 Å². The van der Waals surface area contributed by atoms with Crippen molar-refractivity contribution in [3.05, 3.63) is 140 Å². The van der Waals surface area contributed by atoms with Crippen molar-refractivity contribution in [2.75, 3.05) is 0 Å². The highest BCUT2D eigenvalue weighted by Gasteiger charge is 2.51. The Morgan fingerprint density at radius 2 is 0.894 bits per heavy atom. The van der Waals surface area contributed by atoms with Crippen LogP contribution in [0.3, 0.4) is 0 Å². The van der Waals surface area contributed by atoms with Crippen molar-refractivity contribution in [1.29, 1.82) is 0 Å². The van der Waals surface area contributed by atoms with Gasteiger partial charge in [0.2, 0.25) is 0 Å². The fraction of sp³-hybridized carbons (Fsp3) is 0.143. The summed E-state index contributed by atoms with van der Waals surface area (Å²) in [5.41, 5.74) is 9.62. The number of benzene rings is 6. The van der Waals surface area contributed by atoms with Gasteiger partial charge in [-0.15, -0.1) is 0 Å². The lowest BCUT2D eigenvalue weighted by molar-refractivity contribution is 0.00578. The summed E-state index contributed by atoms with van der Waals surface area (Å²) >= 11 is 0. The van der Waals surface area contributed by atoms with Crippen molar-refractivity contribution in [2.45, 2.75) is 38.9 Å². The Kier molecular flexibility index (Phi) is 6.11. The molecule has 0 amide bonds. The van der Waals surface area contributed by atoms with E-state index < -0.39 is 18.3 Å². The lowest BCUT2D eigenvalue weighted by Crippen LogP contribution is -2.41. The SMILES string of the molecule is CC1(C)OB(c2cccc(-n3c4ccccc4c4cc(-c5cccc(-n6c7ccccc7c7ccccc76)c5)ccc43)c2)OC1(C)C. The summed E-state index contributed by atoms with van der Waals surface area (Å²) in [6.45, 7) is 8.39. The maximum atomic E-state index is 6.41. The molecule has 2 aromatic heterocycles. The molecular formula is C42H35BN2O2. The van der Waals surface area contributed by atoms with Crippen LogP contribution in [0.15, 0.2) is 140 Å². The van der Waals surface area contributed by atoms with Crippen LogP contribution in [-0.4, -0.2) is 27.5 Å². The standard InChI is InChI=1S/C42H35BN2O2/c1-41(2)42(3,4)47-43(46-41)30-14-12-16-32(27-30)45-39-22-10-7-19-35(39)36-26-29(23-24-40(36)45)28-13-11-15-31(25-28)44-37-20-8-5-17-33(37)34-18-6-9-21-38(34)44/h5-27H,1-4H3. The lowest BCUT2D eigenvalue weighted by atomic mass is 9.79. The third kappa shape index (κ3) is 4.31. The number of hydrogen-bond donors (Lipinski definition) is 0. The average molecular weight is 611 g/mol. The van der Waals surface area contributed by atoms with Crippen molar-refractivity contribution >= 4 is 56.2 Å². The highest BCUT2D eigenvalue weighted by atomic mass is 16.7. The molecule has 1 aliphatic rings. The molecule has 9 rings (SSSR count). The molecule has 47 heavy (non-hydrogen) atoms. The normalized spacial score (nSPS) is 15.8. The van der Waals surface area contributed by atoms with Crippen molar-refractivity contribution in [3.63, 3.8) is 0 Å².